The van der Waals surface area contributed by atoms with Crippen LogP contribution in [0.4, 0.5) is 13.2 Å². The molecule has 1 aromatic carbocycles. The summed E-state index contributed by atoms with van der Waals surface area (Å²) in [7, 11) is 1.22. The molecule has 0 saturated heterocycles. The van der Waals surface area contributed by atoms with Gasteiger partial charge in [0.15, 0.2) is 0 Å². The second-order valence-electron chi connectivity index (χ2n) is 4.25. The van der Waals surface area contributed by atoms with Gasteiger partial charge >= 0.3 is 12.3 Å². The zero-order chi connectivity index (χ0) is 16.3. The number of halogens is 3. The van der Waals surface area contributed by atoms with Crippen LogP contribution in [0.1, 0.15) is 5.69 Å². The second-order valence-corrected chi connectivity index (χ2v) is 4.25. The fourth-order valence-electron chi connectivity index (χ4n) is 1.75. The maximum atomic E-state index is 12.1. The molecule has 0 radical (unpaired) electrons. The Labute approximate surface area is 122 Å². The fourth-order valence-corrected chi connectivity index (χ4v) is 1.75. The Kier molecular flexibility index (Phi) is 4.25. The number of aromatic amines is 1. The third-order valence-corrected chi connectivity index (χ3v) is 2.66. The van der Waals surface area contributed by atoms with Crippen molar-refractivity contribution in [1.29, 1.82) is 0 Å². The van der Waals surface area contributed by atoms with E-state index in [0.717, 1.165) is 16.8 Å². The van der Waals surface area contributed by atoms with Crippen molar-refractivity contribution in [2.24, 2.45) is 0 Å². The largest absolute Gasteiger partial charge is 0.573 e. The molecule has 118 valence electrons. The molecule has 0 spiro atoms. The van der Waals surface area contributed by atoms with Gasteiger partial charge in [-0.25, -0.2) is 4.68 Å². The van der Waals surface area contributed by atoms with E-state index in [0.29, 0.717) is 11.4 Å². The van der Waals surface area contributed by atoms with Gasteiger partial charge in [0.25, 0.3) is 5.56 Å². The Morgan fingerprint density at radius 1 is 1.27 bits per heavy atom. The minimum atomic E-state index is -4.78. The van der Waals surface area contributed by atoms with Gasteiger partial charge in [-0.3, -0.25) is 14.7 Å². The number of aromatic nitrogens is 2. The van der Waals surface area contributed by atoms with Gasteiger partial charge in [-0.05, 0) is 24.3 Å². The van der Waals surface area contributed by atoms with Crippen LogP contribution in [0.25, 0.3) is 5.69 Å². The van der Waals surface area contributed by atoms with Crippen LogP contribution in [0.2, 0.25) is 0 Å². The summed E-state index contributed by atoms with van der Waals surface area (Å²) in [6.07, 6.45) is -4.90. The predicted molar refractivity (Wildman–Crippen MR) is 68.8 cm³/mol. The van der Waals surface area contributed by atoms with Crippen LogP contribution in [-0.4, -0.2) is 29.2 Å². The molecule has 0 amide bonds. The van der Waals surface area contributed by atoms with E-state index in [1.54, 1.807) is 0 Å². The molecule has 0 atom stereocenters. The molecule has 22 heavy (non-hydrogen) atoms. The molecular weight excluding hydrogens is 305 g/mol. The SMILES string of the molecule is COC(=O)Cc1cc(=O)n(-c2ccc(OC(F)(F)F)cc2)[nH]1. The molecule has 9 heteroatoms. The first-order chi connectivity index (χ1) is 10.3. The van der Waals surface area contributed by atoms with E-state index < -0.39 is 23.6 Å². The van der Waals surface area contributed by atoms with Crippen molar-refractivity contribution in [1.82, 2.24) is 9.78 Å². The number of H-pyrrole nitrogens is 1. The standard InChI is InChI=1S/C13H11F3N2O4/c1-21-12(20)7-8-6-11(19)18(17-8)9-2-4-10(5-3-9)22-13(14,15)16/h2-6,17H,7H2,1H3. The van der Waals surface area contributed by atoms with Crippen molar-refractivity contribution in [2.75, 3.05) is 7.11 Å². The monoisotopic (exact) mass is 316 g/mol. The summed E-state index contributed by atoms with van der Waals surface area (Å²) >= 11 is 0. The molecule has 0 unspecified atom stereocenters. The maximum Gasteiger partial charge on any atom is 0.573 e. The zero-order valence-electron chi connectivity index (χ0n) is 11.3. The van der Waals surface area contributed by atoms with E-state index in [1.807, 2.05) is 0 Å². The molecule has 6 nitrogen and oxygen atoms in total. The van der Waals surface area contributed by atoms with Gasteiger partial charge < -0.3 is 9.47 Å². The minimum Gasteiger partial charge on any atom is -0.469 e. The smallest absolute Gasteiger partial charge is 0.469 e. The van der Waals surface area contributed by atoms with E-state index in [2.05, 4.69) is 14.6 Å². The molecule has 0 saturated carbocycles. The quantitative estimate of drug-likeness (QED) is 0.873. The summed E-state index contributed by atoms with van der Waals surface area (Å²) < 4.78 is 45.5. The molecule has 0 aliphatic heterocycles. The lowest BCUT2D eigenvalue weighted by atomic mass is 10.3. The normalized spacial score (nSPS) is 11.3. The van der Waals surface area contributed by atoms with E-state index in [4.69, 9.17) is 0 Å². The van der Waals surface area contributed by atoms with Gasteiger partial charge in [0.2, 0.25) is 0 Å². The number of carbonyl (C=O) groups excluding carboxylic acids is 1. The van der Waals surface area contributed by atoms with E-state index >= 15 is 0 Å². The highest BCUT2D eigenvalue weighted by atomic mass is 19.4. The van der Waals surface area contributed by atoms with Crippen molar-refractivity contribution in [2.45, 2.75) is 12.8 Å². The van der Waals surface area contributed by atoms with Crippen molar-refractivity contribution in [3.05, 3.63) is 46.4 Å². The van der Waals surface area contributed by atoms with Crippen molar-refractivity contribution >= 4 is 5.97 Å². The highest BCUT2D eigenvalue weighted by molar-refractivity contribution is 5.71. The minimum absolute atomic E-state index is 0.117. The van der Waals surface area contributed by atoms with Crippen molar-refractivity contribution in [3.63, 3.8) is 0 Å². The van der Waals surface area contributed by atoms with Gasteiger partial charge in [-0.2, -0.15) is 0 Å². The molecule has 1 aromatic heterocycles. The summed E-state index contributed by atoms with van der Waals surface area (Å²) in [5.74, 6) is -0.923. The number of ether oxygens (including phenoxy) is 2. The number of alkyl halides is 3. The summed E-state index contributed by atoms with van der Waals surface area (Å²) in [6, 6.07) is 5.92. The van der Waals surface area contributed by atoms with Gasteiger partial charge in [0.05, 0.1) is 19.2 Å². The number of nitrogens with one attached hydrogen (secondary N) is 1. The van der Waals surface area contributed by atoms with E-state index in [1.165, 1.54) is 25.3 Å². The first-order valence-corrected chi connectivity index (χ1v) is 6.02. The number of benzene rings is 1. The maximum absolute atomic E-state index is 12.1. The Bertz CT molecular complexity index is 716. The number of nitrogens with zero attached hydrogens (tertiary/aromatic N) is 1. The van der Waals surface area contributed by atoms with Crippen LogP contribution in [0, 0.1) is 0 Å². The Balaban J connectivity index is 2.21. The third-order valence-electron chi connectivity index (χ3n) is 2.66. The molecular formula is C13H11F3N2O4. The molecule has 0 aliphatic rings. The lowest BCUT2D eigenvalue weighted by Crippen LogP contribution is -2.17. The molecule has 0 aliphatic carbocycles. The van der Waals surface area contributed by atoms with E-state index in [9.17, 15) is 22.8 Å². The summed E-state index contributed by atoms with van der Waals surface area (Å²) in [5, 5.41) is 2.67. The molecule has 2 aromatic rings. The molecule has 1 heterocycles. The lowest BCUT2D eigenvalue weighted by molar-refractivity contribution is -0.274. The van der Waals surface area contributed by atoms with Crippen LogP contribution >= 0.6 is 0 Å². The average molecular weight is 316 g/mol. The van der Waals surface area contributed by atoms with Gasteiger partial charge in [-0.1, -0.05) is 0 Å². The highest BCUT2D eigenvalue weighted by Crippen LogP contribution is 2.23. The number of rotatable bonds is 4. The number of esters is 1. The van der Waals surface area contributed by atoms with Gasteiger partial charge in [0.1, 0.15) is 5.75 Å². The van der Waals surface area contributed by atoms with Crippen LogP contribution in [0.3, 0.4) is 0 Å². The first-order valence-electron chi connectivity index (χ1n) is 6.02. The molecule has 2 rings (SSSR count). The Morgan fingerprint density at radius 3 is 2.45 bits per heavy atom. The zero-order valence-corrected chi connectivity index (χ0v) is 11.3. The van der Waals surface area contributed by atoms with Gasteiger partial charge in [-0.15, -0.1) is 13.2 Å². The predicted octanol–water partition coefficient (Wildman–Crippen LogP) is 1.78. The van der Waals surface area contributed by atoms with E-state index in [-0.39, 0.29) is 6.42 Å². The van der Waals surface area contributed by atoms with Gasteiger partial charge in [0, 0.05) is 11.8 Å². The van der Waals surface area contributed by atoms with Crippen LogP contribution in [0.5, 0.6) is 5.75 Å². The van der Waals surface area contributed by atoms with Crippen LogP contribution in [0.15, 0.2) is 35.1 Å². The molecule has 1 N–H and O–H groups in total. The Morgan fingerprint density at radius 2 is 1.91 bits per heavy atom. The Hall–Kier alpha value is -2.71. The second kappa shape index (κ2) is 5.96. The summed E-state index contributed by atoms with van der Waals surface area (Å²) in [4.78, 5) is 22.9. The fraction of sp³-hybridized carbons (Fsp3) is 0.231. The average Bonchev–Trinajstić information content (AvgIpc) is 2.78. The molecule has 0 bridgehead atoms. The molecule has 0 fully saturated rings. The topological polar surface area (TPSA) is 73.3 Å². The first kappa shape index (κ1) is 15.7. The number of methoxy groups -OCH3 is 1. The summed E-state index contributed by atoms with van der Waals surface area (Å²) in [5.41, 5.74) is 0.173. The van der Waals surface area contributed by atoms with Crippen molar-refractivity contribution in [3.8, 4) is 11.4 Å². The highest BCUT2D eigenvalue weighted by Gasteiger charge is 2.31. The third kappa shape index (κ3) is 3.90. The lowest BCUT2D eigenvalue weighted by Gasteiger charge is -2.09. The summed E-state index contributed by atoms with van der Waals surface area (Å²) in [6.45, 7) is 0. The number of hydrogen-bond donors (Lipinski definition) is 1. The van der Waals surface area contributed by atoms with Crippen LogP contribution in [-0.2, 0) is 16.0 Å². The number of hydrogen-bond acceptors (Lipinski definition) is 4. The van der Waals surface area contributed by atoms with Crippen LogP contribution < -0.4 is 10.3 Å². The number of carbonyl (C=O) groups is 1. The van der Waals surface area contributed by atoms with Crippen molar-refractivity contribution < 1.29 is 27.4 Å².